The predicted octanol–water partition coefficient (Wildman–Crippen LogP) is 1.76. The van der Waals surface area contributed by atoms with E-state index < -0.39 is 0 Å². The van der Waals surface area contributed by atoms with Gasteiger partial charge in [-0.25, -0.2) is 9.97 Å². The SMILES string of the molecule is CCCNC(=O)c1cn(-c2ccc(NC(=O)CC)cn2)cn1. The zero-order valence-electron chi connectivity index (χ0n) is 12.7. The largest absolute Gasteiger partial charge is 0.351 e. The number of nitrogens with zero attached hydrogens (tertiary/aromatic N) is 3. The molecule has 0 aliphatic carbocycles. The van der Waals surface area contributed by atoms with E-state index in [0.717, 1.165) is 6.42 Å². The van der Waals surface area contributed by atoms with Crippen molar-refractivity contribution < 1.29 is 9.59 Å². The van der Waals surface area contributed by atoms with E-state index in [4.69, 9.17) is 0 Å². The van der Waals surface area contributed by atoms with Crippen LogP contribution in [-0.2, 0) is 4.79 Å². The molecule has 22 heavy (non-hydrogen) atoms. The molecule has 7 heteroatoms. The monoisotopic (exact) mass is 301 g/mol. The first-order valence-corrected chi connectivity index (χ1v) is 7.22. The second-order valence-corrected chi connectivity index (χ2v) is 4.73. The van der Waals surface area contributed by atoms with Gasteiger partial charge in [0.15, 0.2) is 0 Å². The highest BCUT2D eigenvalue weighted by molar-refractivity contribution is 5.92. The minimum Gasteiger partial charge on any atom is -0.351 e. The van der Waals surface area contributed by atoms with Gasteiger partial charge in [-0.1, -0.05) is 13.8 Å². The topological polar surface area (TPSA) is 88.9 Å². The summed E-state index contributed by atoms with van der Waals surface area (Å²) in [5.74, 6) is 0.357. The molecule has 0 radical (unpaired) electrons. The summed E-state index contributed by atoms with van der Waals surface area (Å²) >= 11 is 0. The van der Waals surface area contributed by atoms with Crippen LogP contribution in [0.4, 0.5) is 5.69 Å². The molecule has 0 unspecified atom stereocenters. The number of carbonyl (C=O) groups excluding carboxylic acids is 2. The number of rotatable bonds is 6. The summed E-state index contributed by atoms with van der Waals surface area (Å²) < 4.78 is 1.66. The molecule has 0 bridgehead atoms. The maximum atomic E-state index is 11.8. The summed E-state index contributed by atoms with van der Waals surface area (Å²) in [5, 5.41) is 5.49. The lowest BCUT2D eigenvalue weighted by molar-refractivity contribution is -0.115. The van der Waals surface area contributed by atoms with Crippen LogP contribution in [0.25, 0.3) is 5.82 Å². The van der Waals surface area contributed by atoms with Crippen molar-refractivity contribution >= 4 is 17.5 Å². The van der Waals surface area contributed by atoms with E-state index in [0.29, 0.717) is 30.2 Å². The first kappa shape index (κ1) is 15.7. The molecule has 2 aromatic rings. The van der Waals surface area contributed by atoms with Crippen LogP contribution < -0.4 is 10.6 Å². The minimum absolute atomic E-state index is 0.0629. The third kappa shape index (κ3) is 3.91. The molecule has 0 aliphatic heterocycles. The number of carbonyl (C=O) groups is 2. The summed E-state index contributed by atoms with van der Waals surface area (Å²) in [6, 6.07) is 3.51. The van der Waals surface area contributed by atoms with Gasteiger partial charge in [0.1, 0.15) is 17.8 Å². The lowest BCUT2D eigenvalue weighted by Crippen LogP contribution is -2.24. The van der Waals surface area contributed by atoms with Gasteiger partial charge in [0.05, 0.1) is 11.9 Å². The fourth-order valence-electron chi connectivity index (χ4n) is 1.76. The maximum Gasteiger partial charge on any atom is 0.271 e. The van der Waals surface area contributed by atoms with Gasteiger partial charge in [0.25, 0.3) is 5.91 Å². The van der Waals surface area contributed by atoms with E-state index in [1.807, 2.05) is 6.92 Å². The number of aromatic nitrogens is 3. The number of amides is 2. The molecule has 2 rings (SSSR count). The van der Waals surface area contributed by atoms with Crippen LogP contribution in [0.5, 0.6) is 0 Å². The molecule has 0 aromatic carbocycles. The van der Waals surface area contributed by atoms with Crippen molar-refractivity contribution in [1.29, 1.82) is 0 Å². The molecule has 116 valence electrons. The Morgan fingerprint density at radius 2 is 2.05 bits per heavy atom. The van der Waals surface area contributed by atoms with Crippen molar-refractivity contribution in [3.8, 4) is 5.82 Å². The fourth-order valence-corrected chi connectivity index (χ4v) is 1.76. The van der Waals surface area contributed by atoms with Crippen molar-refractivity contribution in [2.75, 3.05) is 11.9 Å². The number of anilines is 1. The molecule has 0 saturated carbocycles. The van der Waals surface area contributed by atoms with Crippen LogP contribution in [0.15, 0.2) is 30.9 Å². The number of hydrogen-bond donors (Lipinski definition) is 2. The zero-order chi connectivity index (χ0) is 15.9. The smallest absolute Gasteiger partial charge is 0.271 e. The van der Waals surface area contributed by atoms with Gasteiger partial charge in [0, 0.05) is 19.2 Å². The van der Waals surface area contributed by atoms with E-state index in [1.165, 1.54) is 6.33 Å². The molecule has 0 spiro atoms. The Labute approximate surface area is 128 Å². The van der Waals surface area contributed by atoms with Crippen molar-refractivity contribution in [2.24, 2.45) is 0 Å². The van der Waals surface area contributed by atoms with Crippen LogP contribution in [0, 0.1) is 0 Å². The molecule has 0 saturated heterocycles. The standard InChI is InChI=1S/C15H19N5O2/c1-3-7-16-15(22)12-9-20(10-18-12)13-6-5-11(8-17-13)19-14(21)4-2/h5-6,8-10H,3-4,7H2,1-2H3,(H,16,22)(H,19,21). The molecule has 2 N–H and O–H groups in total. The Morgan fingerprint density at radius 1 is 1.23 bits per heavy atom. The van der Waals surface area contributed by atoms with E-state index in [2.05, 4.69) is 20.6 Å². The Bertz CT molecular complexity index is 648. The third-order valence-electron chi connectivity index (χ3n) is 2.97. The number of hydrogen-bond acceptors (Lipinski definition) is 4. The normalized spacial score (nSPS) is 10.3. The second kappa shape index (κ2) is 7.35. The van der Waals surface area contributed by atoms with Gasteiger partial charge < -0.3 is 10.6 Å². The van der Waals surface area contributed by atoms with E-state index >= 15 is 0 Å². The zero-order valence-corrected chi connectivity index (χ0v) is 12.7. The van der Waals surface area contributed by atoms with E-state index in [1.54, 1.807) is 36.0 Å². The van der Waals surface area contributed by atoms with Gasteiger partial charge in [0.2, 0.25) is 5.91 Å². The lowest BCUT2D eigenvalue weighted by Gasteiger charge is -2.05. The van der Waals surface area contributed by atoms with Crippen molar-refractivity contribution in [1.82, 2.24) is 19.9 Å². The Hall–Kier alpha value is -2.70. The number of imidazole rings is 1. The summed E-state index contributed by atoms with van der Waals surface area (Å²) in [7, 11) is 0. The highest BCUT2D eigenvalue weighted by atomic mass is 16.2. The highest BCUT2D eigenvalue weighted by Gasteiger charge is 2.09. The molecule has 7 nitrogen and oxygen atoms in total. The average molecular weight is 301 g/mol. The van der Waals surface area contributed by atoms with Crippen LogP contribution >= 0.6 is 0 Å². The quantitative estimate of drug-likeness (QED) is 0.850. The van der Waals surface area contributed by atoms with Crippen LogP contribution in [-0.4, -0.2) is 32.9 Å². The highest BCUT2D eigenvalue weighted by Crippen LogP contribution is 2.11. The van der Waals surface area contributed by atoms with Crippen molar-refractivity contribution in [3.63, 3.8) is 0 Å². The third-order valence-corrected chi connectivity index (χ3v) is 2.97. The maximum absolute atomic E-state index is 11.8. The van der Waals surface area contributed by atoms with Crippen LogP contribution in [0.2, 0.25) is 0 Å². The first-order valence-electron chi connectivity index (χ1n) is 7.22. The lowest BCUT2D eigenvalue weighted by atomic mass is 10.3. The minimum atomic E-state index is -0.201. The summed E-state index contributed by atoms with van der Waals surface area (Å²) in [6.07, 6.45) is 6.02. The molecule has 0 aliphatic rings. The van der Waals surface area contributed by atoms with Crippen molar-refractivity contribution in [2.45, 2.75) is 26.7 Å². The average Bonchev–Trinajstić information content (AvgIpc) is 3.03. The number of nitrogens with one attached hydrogen (secondary N) is 2. The fraction of sp³-hybridized carbons (Fsp3) is 0.333. The Morgan fingerprint density at radius 3 is 2.68 bits per heavy atom. The summed E-state index contributed by atoms with van der Waals surface area (Å²) in [6.45, 7) is 4.39. The number of pyridine rings is 1. The second-order valence-electron chi connectivity index (χ2n) is 4.73. The predicted molar refractivity (Wildman–Crippen MR) is 82.9 cm³/mol. The van der Waals surface area contributed by atoms with Crippen LogP contribution in [0.1, 0.15) is 37.2 Å². The Balaban J connectivity index is 2.07. The summed E-state index contributed by atoms with van der Waals surface area (Å²) in [5.41, 5.74) is 0.982. The van der Waals surface area contributed by atoms with E-state index in [-0.39, 0.29) is 11.8 Å². The molecule has 2 amide bonds. The summed E-state index contributed by atoms with van der Waals surface area (Å²) in [4.78, 5) is 31.4. The molecular weight excluding hydrogens is 282 g/mol. The molecule has 0 fully saturated rings. The molecule has 2 aromatic heterocycles. The van der Waals surface area contributed by atoms with Crippen LogP contribution in [0.3, 0.4) is 0 Å². The van der Waals surface area contributed by atoms with E-state index in [9.17, 15) is 9.59 Å². The molecular formula is C15H19N5O2. The van der Waals surface area contributed by atoms with Gasteiger partial charge in [-0.15, -0.1) is 0 Å². The molecule has 2 heterocycles. The van der Waals surface area contributed by atoms with Gasteiger partial charge in [-0.3, -0.25) is 14.2 Å². The van der Waals surface area contributed by atoms with Crippen molar-refractivity contribution in [3.05, 3.63) is 36.5 Å². The van der Waals surface area contributed by atoms with Gasteiger partial charge in [-0.05, 0) is 18.6 Å². The van der Waals surface area contributed by atoms with Gasteiger partial charge >= 0.3 is 0 Å². The first-order chi connectivity index (χ1) is 10.6. The Kier molecular flexibility index (Phi) is 5.24. The molecule has 0 atom stereocenters. The van der Waals surface area contributed by atoms with Gasteiger partial charge in [-0.2, -0.15) is 0 Å².